The standard InChI is InChI=1S/C24H21Cl2NO4/c1-14-10-15(2)16(3)22(11-14)30-13-23(28)31-19-7-4-17(5-8-19)24(29)27-21-12-18(25)6-9-20(21)26/h4-12H,13H2,1-3H3,(H,27,29). The van der Waals surface area contributed by atoms with Gasteiger partial charge in [0.2, 0.25) is 0 Å². The minimum Gasteiger partial charge on any atom is -0.482 e. The lowest BCUT2D eigenvalue weighted by molar-refractivity contribution is -0.136. The average molecular weight is 458 g/mol. The van der Waals surface area contributed by atoms with E-state index in [9.17, 15) is 9.59 Å². The average Bonchev–Trinajstić information content (AvgIpc) is 2.72. The van der Waals surface area contributed by atoms with Crippen molar-refractivity contribution in [3.8, 4) is 11.5 Å². The lowest BCUT2D eigenvalue weighted by atomic mass is 10.1. The Morgan fingerprint density at radius 3 is 2.35 bits per heavy atom. The fourth-order valence-corrected chi connectivity index (χ4v) is 3.25. The molecule has 0 saturated heterocycles. The zero-order chi connectivity index (χ0) is 22.5. The lowest BCUT2D eigenvalue weighted by Gasteiger charge is -2.12. The highest BCUT2D eigenvalue weighted by Gasteiger charge is 2.12. The number of carbonyl (C=O) groups is 2. The van der Waals surface area contributed by atoms with Gasteiger partial charge in [0.05, 0.1) is 10.7 Å². The van der Waals surface area contributed by atoms with Crippen LogP contribution in [0.15, 0.2) is 54.6 Å². The molecule has 5 nitrogen and oxygen atoms in total. The van der Waals surface area contributed by atoms with E-state index in [4.69, 9.17) is 32.7 Å². The van der Waals surface area contributed by atoms with Crippen LogP contribution in [0.3, 0.4) is 0 Å². The number of rotatable bonds is 6. The lowest BCUT2D eigenvalue weighted by Crippen LogP contribution is -2.18. The van der Waals surface area contributed by atoms with E-state index in [1.54, 1.807) is 30.3 Å². The molecule has 1 N–H and O–H groups in total. The predicted octanol–water partition coefficient (Wildman–Crippen LogP) is 6.16. The molecule has 0 fully saturated rings. The van der Waals surface area contributed by atoms with Gasteiger partial charge >= 0.3 is 5.97 Å². The summed E-state index contributed by atoms with van der Waals surface area (Å²) >= 11 is 12.0. The Hall–Kier alpha value is -3.02. The van der Waals surface area contributed by atoms with E-state index >= 15 is 0 Å². The van der Waals surface area contributed by atoms with Crippen LogP contribution < -0.4 is 14.8 Å². The normalized spacial score (nSPS) is 10.5. The van der Waals surface area contributed by atoms with Crippen LogP contribution in [0.2, 0.25) is 10.0 Å². The maximum Gasteiger partial charge on any atom is 0.349 e. The summed E-state index contributed by atoms with van der Waals surface area (Å²) in [4.78, 5) is 24.6. The Kier molecular flexibility index (Phi) is 7.21. The van der Waals surface area contributed by atoms with Crippen LogP contribution in [0.25, 0.3) is 0 Å². The number of ether oxygens (including phenoxy) is 2. The zero-order valence-electron chi connectivity index (χ0n) is 17.3. The second kappa shape index (κ2) is 9.86. The van der Waals surface area contributed by atoms with Crippen molar-refractivity contribution in [3.05, 3.63) is 86.9 Å². The van der Waals surface area contributed by atoms with Crippen molar-refractivity contribution in [2.45, 2.75) is 20.8 Å². The Balaban J connectivity index is 1.58. The minimum absolute atomic E-state index is 0.223. The van der Waals surface area contributed by atoms with Crippen molar-refractivity contribution in [3.63, 3.8) is 0 Å². The summed E-state index contributed by atoms with van der Waals surface area (Å²) in [7, 11) is 0. The second-order valence-electron chi connectivity index (χ2n) is 7.07. The van der Waals surface area contributed by atoms with Crippen molar-refractivity contribution >= 4 is 40.8 Å². The molecule has 7 heteroatoms. The Bertz CT molecular complexity index is 1130. The number of amides is 1. The number of halogens is 2. The molecule has 160 valence electrons. The highest BCUT2D eigenvalue weighted by molar-refractivity contribution is 6.35. The first-order valence-electron chi connectivity index (χ1n) is 9.50. The summed E-state index contributed by atoms with van der Waals surface area (Å²) in [6.07, 6.45) is 0. The number of hydrogen-bond acceptors (Lipinski definition) is 4. The van der Waals surface area contributed by atoms with Crippen molar-refractivity contribution in [1.29, 1.82) is 0 Å². The predicted molar refractivity (Wildman–Crippen MR) is 123 cm³/mol. The summed E-state index contributed by atoms with van der Waals surface area (Å²) in [5.41, 5.74) is 3.91. The molecule has 1 amide bonds. The molecular formula is C24H21Cl2NO4. The number of nitrogens with one attached hydrogen (secondary N) is 1. The van der Waals surface area contributed by atoms with Gasteiger partial charge in [-0.15, -0.1) is 0 Å². The van der Waals surface area contributed by atoms with Gasteiger partial charge in [-0.05, 0) is 86.0 Å². The maximum absolute atomic E-state index is 12.4. The van der Waals surface area contributed by atoms with E-state index in [1.165, 1.54) is 12.1 Å². The van der Waals surface area contributed by atoms with E-state index in [-0.39, 0.29) is 12.5 Å². The fourth-order valence-electron chi connectivity index (χ4n) is 2.91. The topological polar surface area (TPSA) is 64.6 Å². The molecule has 0 heterocycles. The number of aryl methyl sites for hydroxylation is 2. The molecule has 0 aliphatic heterocycles. The van der Waals surface area contributed by atoms with Crippen LogP contribution in [0.5, 0.6) is 11.5 Å². The summed E-state index contributed by atoms with van der Waals surface area (Å²) < 4.78 is 10.9. The van der Waals surface area contributed by atoms with Gasteiger partial charge in [0.25, 0.3) is 5.91 Å². The van der Waals surface area contributed by atoms with Gasteiger partial charge in [0.15, 0.2) is 6.61 Å². The number of esters is 1. The van der Waals surface area contributed by atoms with E-state index in [0.29, 0.717) is 32.8 Å². The molecule has 0 unspecified atom stereocenters. The molecule has 0 atom stereocenters. The fraction of sp³-hybridized carbons (Fsp3) is 0.167. The quantitative estimate of drug-likeness (QED) is 0.355. The second-order valence-corrected chi connectivity index (χ2v) is 7.91. The third-order valence-electron chi connectivity index (χ3n) is 4.63. The third-order valence-corrected chi connectivity index (χ3v) is 5.20. The van der Waals surface area contributed by atoms with Gasteiger partial charge in [0, 0.05) is 10.6 Å². The number of hydrogen-bond donors (Lipinski definition) is 1. The zero-order valence-corrected chi connectivity index (χ0v) is 18.8. The van der Waals surface area contributed by atoms with E-state index in [1.807, 2.05) is 26.8 Å². The third kappa shape index (κ3) is 6.00. The highest BCUT2D eigenvalue weighted by atomic mass is 35.5. The van der Waals surface area contributed by atoms with Crippen LogP contribution in [0, 0.1) is 20.8 Å². The Labute approximate surface area is 190 Å². The summed E-state index contributed by atoms with van der Waals surface area (Å²) in [5, 5.41) is 3.53. The molecule has 0 saturated carbocycles. The SMILES string of the molecule is Cc1cc(C)c(C)c(OCC(=O)Oc2ccc(C(=O)Nc3cc(Cl)ccc3Cl)cc2)c1. The van der Waals surface area contributed by atoms with Crippen molar-refractivity contribution < 1.29 is 19.1 Å². The number of benzene rings is 3. The van der Waals surface area contributed by atoms with Gasteiger partial charge in [-0.3, -0.25) is 4.79 Å². The molecule has 0 bridgehead atoms. The first-order valence-corrected chi connectivity index (χ1v) is 10.3. The van der Waals surface area contributed by atoms with Gasteiger partial charge < -0.3 is 14.8 Å². The number of anilines is 1. The smallest absolute Gasteiger partial charge is 0.349 e. The Morgan fingerprint density at radius 1 is 0.935 bits per heavy atom. The van der Waals surface area contributed by atoms with Crippen molar-refractivity contribution in [2.75, 3.05) is 11.9 Å². The van der Waals surface area contributed by atoms with E-state index < -0.39 is 5.97 Å². The summed E-state index contributed by atoms with van der Waals surface area (Å²) in [5.74, 6) is 0.0568. The Morgan fingerprint density at radius 2 is 1.65 bits per heavy atom. The van der Waals surface area contributed by atoms with Gasteiger partial charge in [-0.2, -0.15) is 0 Å². The first-order chi connectivity index (χ1) is 14.7. The molecule has 3 rings (SSSR count). The van der Waals surface area contributed by atoms with Gasteiger partial charge in [-0.25, -0.2) is 4.79 Å². The summed E-state index contributed by atoms with van der Waals surface area (Å²) in [6.45, 7) is 5.68. The van der Waals surface area contributed by atoms with Crippen LogP contribution >= 0.6 is 23.2 Å². The van der Waals surface area contributed by atoms with E-state index in [2.05, 4.69) is 11.4 Å². The maximum atomic E-state index is 12.4. The highest BCUT2D eigenvalue weighted by Crippen LogP contribution is 2.26. The minimum atomic E-state index is -0.540. The molecule has 0 aliphatic carbocycles. The van der Waals surface area contributed by atoms with Crippen molar-refractivity contribution in [1.82, 2.24) is 0 Å². The summed E-state index contributed by atoms with van der Waals surface area (Å²) in [6, 6.07) is 14.9. The van der Waals surface area contributed by atoms with E-state index in [0.717, 1.165) is 16.7 Å². The first kappa shape index (κ1) is 22.7. The molecule has 31 heavy (non-hydrogen) atoms. The van der Waals surface area contributed by atoms with Crippen LogP contribution in [-0.2, 0) is 4.79 Å². The molecule has 0 aliphatic rings. The number of carbonyl (C=O) groups excluding carboxylic acids is 2. The van der Waals surface area contributed by atoms with Gasteiger partial charge in [0.1, 0.15) is 11.5 Å². The molecular weight excluding hydrogens is 437 g/mol. The molecule has 0 aromatic heterocycles. The van der Waals surface area contributed by atoms with Crippen LogP contribution in [0.4, 0.5) is 5.69 Å². The van der Waals surface area contributed by atoms with Crippen molar-refractivity contribution in [2.24, 2.45) is 0 Å². The molecule has 0 spiro atoms. The monoisotopic (exact) mass is 457 g/mol. The van der Waals surface area contributed by atoms with Crippen LogP contribution in [-0.4, -0.2) is 18.5 Å². The molecule has 3 aromatic carbocycles. The molecule has 3 aromatic rings. The molecule has 0 radical (unpaired) electrons. The van der Waals surface area contributed by atoms with Gasteiger partial charge in [-0.1, -0.05) is 29.3 Å². The van der Waals surface area contributed by atoms with Crippen LogP contribution in [0.1, 0.15) is 27.0 Å². The largest absolute Gasteiger partial charge is 0.482 e.